The lowest BCUT2D eigenvalue weighted by atomic mass is 10.2. The fourth-order valence-electron chi connectivity index (χ4n) is 2.77. The van der Waals surface area contributed by atoms with Crippen LogP contribution < -0.4 is 4.74 Å². The molecule has 4 aromatic rings. The number of carbonyl (C=O) groups is 1. The van der Waals surface area contributed by atoms with Crippen LogP contribution in [-0.4, -0.2) is 36.8 Å². The third-order valence-electron chi connectivity index (χ3n) is 4.38. The van der Waals surface area contributed by atoms with Gasteiger partial charge in [-0.3, -0.25) is 0 Å². The van der Waals surface area contributed by atoms with Crippen LogP contribution in [0.15, 0.2) is 30.6 Å². The van der Waals surface area contributed by atoms with Gasteiger partial charge in [-0.1, -0.05) is 22.9 Å². The second-order valence-corrected chi connectivity index (χ2v) is 9.25. The molecule has 3 heterocycles. The van der Waals surface area contributed by atoms with Gasteiger partial charge in [0.05, 0.1) is 14.2 Å². The van der Waals surface area contributed by atoms with Gasteiger partial charge in [-0.25, -0.2) is 14.2 Å². The molecule has 1 unspecified atom stereocenters. The van der Waals surface area contributed by atoms with Gasteiger partial charge < -0.3 is 14.2 Å². The Bertz CT molecular complexity index is 1390. The molecular formula is C19H10ClF4IN4O3S. The molecule has 7 nitrogen and oxygen atoms in total. The summed E-state index contributed by atoms with van der Waals surface area (Å²) < 4.78 is 60.3. The normalized spacial score (nSPS) is 12.8. The van der Waals surface area contributed by atoms with Crippen LogP contribution in [0.1, 0.15) is 12.5 Å². The topological polar surface area (TPSA) is 89.6 Å². The molecule has 0 radical (unpaired) electrons. The van der Waals surface area contributed by atoms with Crippen molar-refractivity contribution in [3.05, 3.63) is 50.6 Å². The highest BCUT2D eigenvalue weighted by molar-refractivity contribution is 14.1. The number of aromatic nitrogens is 4. The van der Waals surface area contributed by atoms with Gasteiger partial charge in [-0.05, 0) is 41.6 Å². The molecule has 14 heteroatoms. The molecule has 0 aliphatic carbocycles. The van der Waals surface area contributed by atoms with Crippen LogP contribution in [0.2, 0.25) is 5.02 Å². The van der Waals surface area contributed by atoms with E-state index in [4.69, 9.17) is 21.4 Å². The summed E-state index contributed by atoms with van der Waals surface area (Å²) in [6.07, 6.45) is -3.47. The first kappa shape index (κ1) is 23.6. The van der Waals surface area contributed by atoms with E-state index in [1.807, 2.05) is 0 Å². The van der Waals surface area contributed by atoms with Gasteiger partial charge in [0, 0.05) is 24.0 Å². The number of halogens is 6. The average Bonchev–Trinajstić information content (AvgIpc) is 3.37. The van der Waals surface area contributed by atoms with Crippen molar-refractivity contribution in [1.82, 2.24) is 19.6 Å². The van der Waals surface area contributed by atoms with Crippen LogP contribution >= 0.6 is 45.5 Å². The highest BCUT2D eigenvalue weighted by Gasteiger charge is 2.32. The Morgan fingerprint density at radius 2 is 1.94 bits per heavy atom. The van der Waals surface area contributed by atoms with E-state index in [0.29, 0.717) is 9.22 Å². The van der Waals surface area contributed by atoms with Crippen LogP contribution in [0.3, 0.4) is 0 Å². The highest BCUT2D eigenvalue weighted by Crippen LogP contribution is 2.38. The summed E-state index contributed by atoms with van der Waals surface area (Å²) in [5.74, 6) is -2.45. The van der Waals surface area contributed by atoms with Crippen LogP contribution in [0, 0.1) is 9.39 Å². The van der Waals surface area contributed by atoms with E-state index < -0.39 is 29.6 Å². The Labute approximate surface area is 205 Å². The first-order valence-corrected chi connectivity index (χ1v) is 11.2. The van der Waals surface area contributed by atoms with Gasteiger partial charge in [0.15, 0.2) is 28.3 Å². The summed E-state index contributed by atoms with van der Waals surface area (Å²) in [6.45, 7) is 1.24. The second kappa shape index (κ2) is 8.68. The van der Waals surface area contributed by atoms with E-state index in [0.717, 1.165) is 35.7 Å². The number of imidazole rings is 1. The maximum absolute atomic E-state index is 14.5. The van der Waals surface area contributed by atoms with Gasteiger partial charge in [-0.15, -0.1) is 10.2 Å². The summed E-state index contributed by atoms with van der Waals surface area (Å²) in [7, 11) is 0. The number of benzene rings is 1. The molecule has 0 spiro atoms. The van der Waals surface area contributed by atoms with Crippen LogP contribution in [0.4, 0.5) is 17.6 Å². The van der Waals surface area contributed by atoms with Gasteiger partial charge >= 0.3 is 12.1 Å². The number of alkyl halides is 3. The third-order valence-corrected chi connectivity index (χ3v) is 6.47. The van der Waals surface area contributed by atoms with Crippen LogP contribution in [-0.2, 0) is 11.0 Å². The maximum Gasteiger partial charge on any atom is 0.417 e. The third kappa shape index (κ3) is 4.75. The summed E-state index contributed by atoms with van der Waals surface area (Å²) >= 11 is 9.00. The van der Waals surface area contributed by atoms with Crippen molar-refractivity contribution >= 4 is 57.1 Å². The van der Waals surface area contributed by atoms with Gasteiger partial charge in [-0.2, -0.15) is 13.2 Å². The summed E-state index contributed by atoms with van der Waals surface area (Å²) in [5, 5.41) is 17.5. The number of nitrogens with zero attached hydrogens (tertiary/aromatic N) is 4. The first-order chi connectivity index (χ1) is 15.4. The van der Waals surface area contributed by atoms with E-state index in [9.17, 15) is 22.4 Å². The Hall–Kier alpha value is -2.52. The van der Waals surface area contributed by atoms with Crippen molar-refractivity contribution in [1.29, 1.82) is 0 Å². The lowest BCUT2D eigenvalue weighted by molar-refractivity contribution is -0.144. The van der Waals surface area contributed by atoms with E-state index in [1.165, 1.54) is 17.5 Å². The second-order valence-electron chi connectivity index (χ2n) is 6.70. The molecule has 1 N–H and O–H groups in total. The monoisotopic (exact) mass is 612 g/mol. The molecule has 172 valence electrons. The fourth-order valence-corrected chi connectivity index (χ4v) is 4.64. The smallest absolute Gasteiger partial charge is 0.417 e. The molecule has 3 aromatic heterocycles. The minimum absolute atomic E-state index is 0.0473. The molecule has 0 fully saturated rings. The number of hydrogen-bond donors (Lipinski definition) is 1. The molecule has 33 heavy (non-hydrogen) atoms. The molecule has 0 aliphatic rings. The number of aliphatic carboxylic acids is 1. The molecule has 1 atom stereocenters. The highest BCUT2D eigenvalue weighted by atomic mass is 127. The Kier molecular flexibility index (Phi) is 6.22. The molecule has 0 bridgehead atoms. The van der Waals surface area contributed by atoms with E-state index in [-0.39, 0.29) is 32.0 Å². The van der Waals surface area contributed by atoms with Crippen molar-refractivity contribution in [2.45, 2.75) is 19.2 Å². The van der Waals surface area contributed by atoms with E-state index in [1.54, 1.807) is 22.6 Å². The van der Waals surface area contributed by atoms with Crippen molar-refractivity contribution in [3.8, 4) is 27.0 Å². The van der Waals surface area contributed by atoms with Gasteiger partial charge in [0.25, 0.3) is 0 Å². The predicted octanol–water partition coefficient (Wildman–Crippen LogP) is 5.79. The zero-order valence-corrected chi connectivity index (χ0v) is 19.9. The molecule has 0 aliphatic heterocycles. The Balaban J connectivity index is 1.68. The maximum atomic E-state index is 14.5. The van der Waals surface area contributed by atoms with Crippen LogP contribution in [0.5, 0.6) is 5.75 Å². The first-order valence-electron chi connectivity index (χ1n) is 8.92. The zero-order valence-electron chi connectivity index (χ0n) is 16.2. The van der Waals surface area contributed by atoms with E-state index in [2.05, 4.69) is 15.2 Å². The molecule has 0 saturated heterocycles. The van der Waals surface area contributed by atoms with Gasteiger partial charge in [0.2, 0.25) is 0 Å². The molecule has 0 saturated carbocycles. The van der Waals surface area contributed by atoms with E-state index >= 15 is 0 Å². The van der Waals surface area contributed by atoms with Crippen molar-refractivity contribution in [2.75, 3.05) is 0 Å². The number of fused-ring (bicyclic) bond motifs is 1. The number of carboxylic acid groups (broad SMARTS) is 1. The van der Waals surface area contributed by atoms with Crippen molar-refractivity contribution in [3.63, 3.8) is 0 Å². The van der Waals surface area contributed by atoms with Crippen molar-refractivity contribution < 1.29 is 32.2 Å². The number of carboxylic acids is 1. The molecule has 4 rings (SSSR count). The SMILES string of the molecule is CC(Oc1cc(Cl)c(-c2nnc(-c3cn4cc(C(F)(F)F)cc(I)c4n3)s2)cc1F)C(=O)O. The van der Waals surface area contributed by atoms with Crippen molar-refractivity contribution in [2.24, 2.45) is 0 Å². The minimum Gasteiger partial charge on any atom is -0.479 e. The number of pyridine rings is 1. The number of hydrogen-bond acceptors (Lipinski definition) is 6. The minimum atomic E-state index is -4.51. The average molecular weight is 613 g/mol. The van der Waals surface area contributed by atoms with Gasteiger partial charge in [0.1, 0.15) is 10.7 Å². The fraction of sp³-hybridized carbons (Fsp3) is 0.158. The summed E-state index contributed by atoms with van der Waals surface area (Å²) in [6, 6.07) is 3.17. The Morgan fingerprint density at radius 1 is 1.24 bits per heavy atom. The number of rotatable bonds is 5. The molecule has 0 amide bonds. The lowest BCUT2D eigenvalue weighted by Crippen LogP contribution is -2.23. The standard InChI is InChI=1S/C19H10ClF4IN4O3S/c1-7(18(30)31)32-14-4-10(20)9(3-11(14)21)16-27-28-17(33-16)13-6-29-5-8(19(22,23)24)2-12(25)15(29)26-13/h2-7H,1H3,(H,30,31). The predicted molar refractivity (Wildman–Crippen MR) is 120 cm³/mol. The zero-order chi connectivity index (χ0) is 24.1. The Morgan fingerprint density at radius 3 is 2.61 bits per heavy atom. The van der Waals surface area contributed by atoms with Crippen LogP contribution in [0.25, 0.3) is 26.9 Å². The lowest BCUT2D eigenvalue weighted by Gasteiger charge is -2.12. The number of ether oxygens (including phenoxy) is 1. The quantitative estimate of drug-likeness (QED) is 0.227. The summed E-state index contributed by atoms with van der Waals surface area (Å²) in [5.41, 5.74) is -0.0367. The molecular weight excluding hydrogens is 603 g/mol. The molecule has 1 aromatic carbocycles. The summed E-state index contributed by atoms with van der Waals surface area (Å²) in [4.78, 5) is 15.2. The largest absolute Gasteiger partial charge is 0.479 e.